The number of carbonyl (C=O) groups is 1. The van der Waals surface area contributed by atoms with Gasteiger partial charge in [0.15, 0.2) is 0 Å². The molecular formula is C12H15ClN2O2. The quantitative estimate of drug-likeness (QED) is 0.796. The van der Waals surface area contributed by atoms with Gasteiger partial charge in [0.05, 0.1) is 23.4 Å². The summed E-state index contributed by atoms with van der Waals surface area (Å²) in [5.41, 5.74) is 6.84. The number of benzene rings is 1. The first kappa shape index (κ1) is 12.2. The van der Waals surface area contributed by atoms with Crippen LogP contribution in [0.15, 0.2) is 18.2 Å². The smallest absolute Gasteiger partial charge is 0.230 e. The van der Waals surface area contributed by atoms with E-state index in [1.54, 1.807) is 18.2 Å². The molecule has 92 valence electrons. The lowest BCUT2D eigenvalue weighted by Gasteiger charge is -2.15. The Morgan fingerprint density at radius 1 is 1.59 bits per heavy atom. The molecule has 1 fully saturated rings. The maximum atomic E-state index is 12.0. The maximum absolute atomic E-state index is 12.0. The number of hydrogen-bond acceptors (Lipinski definition) is 3. The molecule has 1 heterocycles. The van der Waals surface area contributed by atoms with E-state index in [1.165, 1.54) is 0 Å². The Labute approximate surface area is 105 Å². The summed E-state index contributed by atoms with van der Waals surface area (Å²) in [6.07, 6.45) is 0.712. The SMILES string of the molecule is CC1OCCC1C(=O)Nc1ccc(Cl)cc1N. The predicted molar refractivity (Wildman–Crippen MR) is 68.0 cm³/mol. The predicted octanol–water partition coefficient (Wildman–Crippen LogP) is 2.29. The molecule has 1 aromatic rings. The minimum atomic E-state index is -0.106. The Morgan fingerprint density at radius 3 is 2.94 bits per heavy atom. The lowest BCUT2D eigenvalue weighted by atomic mass is 10.0. The van der Waals surface area contributed by atoms with Gasteiger partial charge in [-0.2, -0.15) is 0 Å². The maximum Gasteiger partial charge on any atom is 0.230 e. The van der Waals surface area contributed by atoms with E-state index in [9.17, 15) is 4.79 Å². The van der Waals surface area contributed by atoms with Gasteiger partial charge >= 0.3 is 0 Å². The minimum Gasteiger partial charge on any atom is -0.397 e. The molecule has 0 saturated carbocycles. The molecule has 0 bridgehead atoms. The first-order valence-electron chi connectivity index (χ1n) is 5.55. The van der Waals surface area contributed by atoms with Gasteiger partial charge in [-0.15, -0.1) is 0 Å². The van der Waals surface area contributed by atoms with Crippen molar-refractivity contribution in [3.05, 3.63) is 23.2 Å². The Morgan fingerprint density at radius 2 is 2.35 bits per heavy atom. The number of nitrogen functional groups attached to an aromatic ring is 1. The molecule has 1 amide bonds. The molecular weight excluding hydrogens is 240 g/mol. The second kappa shape index (κ2) is 4.94. The average Bonchev–Trinajstić information content (AvgIpc) is 2.68. The van der Waals surface area contributed by atoms with E-state index in [1.807, 2.05) is 6.92 Å². The van der Waals surface area contributed by atoms with Crippen molar-refractivity contribution in [2.24, 2.45) is 5.92 Å². The van der Waals surface area contributed by atoms with Gasteiger partial charge in [-0.3, -0.25) is 4.79 Å². The van der Waals surface area contributed by atoms with Crippen LogP contribution in [0, 0.1) is 5.92 Å². The van der Waals surface area contributed by atoms with Crippen LogP contribution in [0.1, 0.15) is 13.3 Å². The fourth-order valence-corrected chi connectivity index (χ4v) is 2.13. The molecule has 0 spiro atoms. The number of carbonyl (C=O) groups excluding carboxylic acids is 1. The molecule has 2 rings (SSSR count). The van der Waals surface area contributed by atoms with E-state index in [-0.39, 0.29) is 17.9 Å². The van der Waals surface area contributed by atoms with Gasteiger partial charge in [-0.1, -0.05) is 11.6 Å². The highest BCUT2D eigenvalue weighted by Gasteiger charge is 2.30. The first-order chi connectivity index (χ1) is 8.08. The normalized spacial score (nSPS) is 23.6. The van der Waals surface area contributed by atoms with Crippen LogP contribution in [-0.4, -0.2) is 18.6 Å². The van der Waals surface area contributed by atoms with E-state index in [0.717, 1.165) is 6.42 Å². The number of anilines is 2. The zero-order chi connectivity index (χ0) is 12.4. The summed E-state index contributed by atoms with van der Waals surface area (Å²) in [6, 6.07) is 5.02. The molecule has 1 aliphatic rings. The third-order valence-electron chi connectivity index (χ3n) is 2.98. The van der Waals surface area contributed by atoms with E-state index in [2.05, 4.69) is 5.32 Å². The van der Waals surface area contributed by atoms with Crippen LogP contribution >= 0.6 is 11.6 Å². The Hall–Kier alpha value is -1.26. The van der Waals surface area contributed by atoms with Crippen LogP contribution in [0.3, 0.4) is 0 Å². The molecule has 5 heteroatoms. The number of amides is 1. The number of nitrogens with one attached hydrogen (secondary N) is 1. The van der Waals surface area contributed by atoms with E-state index >= 15 is 0 Å². The molecule has 2 atom stereocenters. The largest absolute Gasteiger partial charge is 0.397 e. The zero-order valence-electron chi connectivity index (χ0n) is 9.57. The molecule has 0 aromatic heterocycles. The van der Waals surface area contributed by atoms with Crippen LogP contribution in [0.5, 0.6) is 0 Å². The zero-order valence-corrected chi connectivity index (χ0v) is 10.3. The summed E-state index contributed by atoms with van der Waals surface area (Å²) in [5.74, 6) is -0.158. The third kappa shape index (κ3) is 2.70. The van der Waals surface area contributed by atoms with E-state index in [4.69, 9.17) is 22.1 Å². The minimum absolute atomic E-state index is 0.0384. The Kier molecular flexibility index (Phi) is 3.54. The highest BCUT2D eigenvalue weighted by molar-refractivity contribution is 6.31. The average molecular weight is 255 g/mol. The third-order valence-corrected chi connectivity index (χ3v) is 3.22. The fraction of sp³-hybridized carbons (Fsp3) is 0.417. The summed E-state index contributed by atoms with van der Waals surface area (Å²) in [7, 11) is 0. The molecule has 1 saturated heterocycles. The molecule has 17 heavy (non-hydrogen) atoms. The highest BCUT2D eigenvalue weighted by atomic mass is 35.5. The molecule has 2 unspecified atom stereocenters. The Bertz CT molecular complexity index is 437. The van der Waals surface area contributed by atoms with Gasteiger partial charge in [0, 0.05) is 11.6 Å². The van der Waals surface area contributed by atoms with Gasteiger partial charge in [0.1, 0.15) is 0 Å². The Balaban J connectivity index is 2.07. The van der Waals surface area contributed by atoms with E-state index in [0.29, 0.717) is 23.0 Å². The highest BCUT2D eigenvalue weighted by Crippen LogP contribution is 2.26. The number of halogens is 1. The van der Waals surface area contributed by atoms with Crippen molar-refractivity contribution < 1.29 is 9.53 Å². The van der Waals surface area contributed by atoms with Gasteiger partial charge in [-0.25, -0.2) is 0 Å². The van der Waals surface area contributed by atoms with Gasteiger partial charge < -0.3 is 15.8 Å². The van der Waals surface area contributed by atoms with Crippen LogP contribution in [0.25, 0.3) is 0 Å². The second-order valence-corrected chi connectivity index (χ2v) is 4.63. The van der Waals surface area contributed by atoms with Gasteiger partial charge in [0.2, 0.25) is 5.91 Å². The molecule has 1 aliphatic heterocycles. The second-order valence-electron chi connectivity index (χ2n) is 4.19. The van der Waals surface area contributed by atoms with Crippen molar-refractivity contribution in [1.29, 1.82) is 0 Å². The lowest BCUT2D eigenvalue weighted by molar-refractivity contribution is -0.121. The van der Waals surface area contributed by atoms with Crippen molar-refractivity contribution in [3.8, 4) is 0 Å². The number of rotatable bonds is 2. The first-order valence-corrected chi connectivity index (χ1v) is 5.93. The lowest BCUT2D eigenvalue weighted by Crippen LogP contribution is -2.28. The molecule has 0 radical (unpaired) electrons. The van der Waals surface area contributed by atoms with Crippen LogP contribution in [0.2, 0.25) is 5.02 Å². The molecule has 0 aliphatic carbocycles. The fourth-order valence-electron chi connectivity index (χ4n) is 1.95. The van der Waals surface area contributed by atoms with Crippen molar-refractivity contribution in [2.45, 2.75) is 19.4 Å². The van der Waals surface area contributed by atoms with Gasteiger partial charge in [0.25, 0.3) is 0 Å². The van der Waals surface area contributed by atoms with Crippen LogP contribution in [0.4, 0.5) is 11.4 Å². The summed E-state index contributed by atoms with van der Waals surface area (Å²) in [4.78, 5) is 12.0. The number of ether oxygens (including phenoxy) is 1. The van der Waals surface area contributed by atoms with Crippen LogP contribution < -0.4 is 11.1 Å². The summed E-state index contributed by atoms with van der Waals surface area (Å²) < 4.78 is 5.36. The monoisotopic (exact) mass is 254 g/mol. The van der Waals surface area contributed by atoms with Crippen molar-refractivity contribution in [3.63, 3.8) is 0 Å². The number of hydrogen-bond donors (Lipinski definition) is 2. The van der Waals surface area contributed by atoms with Crippen molar-refractivity contribution >= 4 is 28.9 Å². The topological polar surface area (TPSA) is 64.3 Å². The van der Waals surface area contributed by atoms with E-state index < -0.39 is 0 Å². The van der Waals surface area contributed by atoms with Gasteiger partial charge in [-0.05, 0) is 31.5 Å². The number of nitrogens with two attached hydrogens (primary N) is 1. The molecule has 3 N–H and O–H groups in total. The standard InChI is InChI=1S/C12H15ClN2O2/c1-7-9(4-5-17-7)12(16)15-11-3-2-8(13)6-10(11)14/h2-3,6-7,9H,4-5,14H2,1H3,(H,15,16). The molecule has 4 nitrogen and oxygen atoms in total. The summed E-state index contributed by atoms with van der Waals surface area (Å²) in [6.45, 7) is 2.54. The van der Waals surface area contributed by atoms with Crippen molar-refractivity contribution in [2.75, 3.05) is 17.7 Å². The summed E-state index contributed by atoms with van der Waals surface area (Å²) in [5, 5.41) is 3.36. The molecule has 1 aromatic carbocycles. The van der Waals surface area contributed by atoms with Crippen molar-refractivity contribution in [1.82, 2.24) is 0 Å². The summed E-state index contributed by atoms with van der Waals surface area (Å²) >= 11 is 5.79. The van der Waals surface area contributed by atoms with Crippen LogP contribution in [-0.2, 0) is 9.53 Å².